The number of hydrogen-bond acceptors (Lipinski definition) is 1. The smallest absolute Gasteiger partial charge is 0.0586 e. The highest BCUT2D eigenvalue weighted by Gasteiger charge is 2.32. The quantitative estimate of drug-likeness (QED) is 0.259. The van der Waals surface area contributed by atoms with Gasteiger partial charge in [-0.05, 0) is 77.5 Å². The van der Waals surface area contributed by atoms with Gasteiger partial charge in [-0.1, -0.05) is 141 Å². The van der Waals surface area contributed by atoms with Gasteiger partial charge in [0.1, 0.15) is 0 Å². The molecule has 0 aliphatic heterocycles. The molecule has 216 valence electrons. The maximum atomic E-state index is 10.1. The highest BCUT2D eigenvalue weighted by Crippen LogP contribution is 2.40. The molecule has 0 aromatic rings. The van der Waals surface area contributed by atoms with Crippen molar-refractivity contribution in [1.82, 2.24) is 0 Å². The fourth-order valence-corrected chi connectivity index (χ4v) is 5.21. The van der Waals surface area contributed by atoms with Gasteiger partial charge in [-0.3, -0.25) is 0 Å². The predicted octanol–water partition coefficient (Wildman–Crippen LogP) is 10.2. The highest BCUT2D eigenvalue weighted by atomic mass is 16.3. The largest absolute Gasteiger partial charge is 0.393 e. The third-order valence-corrected chi connectivity index (χ3v) is 7.47. The van der Waals surface area contributed by atoms with Crippen molar-refractivity contribution in [1.29, 1.82) is 0 Å². The Morgan fingerprint density at radius 1 is 0.756 bits per heavy atom. The van der Waals surface area contributed by atoms with E-state index < -0.39 is 0 Å². The SMILES string of the molecule is CC1=C(C#C/C(C)=C/C=C/C(C)=C/C=C/C=C(C)/C=C/C=C(\C)C#CC2=C(C)C[C@@H](O)CC2(C)C)C(C)(C)CC=C1. The molecule has 1 atom stereocenters. The van der Waals surface area contributed by atoms with Crippen molar-refractivity contribution in [3.05, 3.63) is 117 Å². The molecule has 0 aromatic heterocycles. The average molecular weight is 547 g/mol. The van der Waals surface area contributed by atoms with Crippen molar-refractivity contribution >= 4 is 0 Å². The second kappa shape index (κ2) is 15.5. The summed E-state index contributed by atoms with van der Waals surface area (Å²) < 4.78 is 0. The number of aliphatic hydroxyl groups is 1. The van der Waals surface area contributed by atoms with E-state index in [9.17, 15) is 5.11 Å². The second-order valence-electron chi connectivity index (χ2n) is 12.8. The minimum Gasteiger partial charge on any atom is -0.393 e. The molecule has 2 rings (SSSR count). The Morgan fingerprint density at radius 2 is 1.27 bits per heavy atom. The molecule has 0 radical (unpaired) electrons. The van der Waals surface area contributed by atoms with Gasteiger partial charge < -0.3 is 5.11 Å². The average Bonchev–Trinajstić information content (AvgIpc) is 2.84. The number of hydrogen-bond donors (Lipinski definition) is 1. The van der Waals surface area contributed by atoms with Gasteiger partial charge in [-0.2, -0.15) is 0 Å². The van der Waals surface area contributed by atoms with Gasteiger partial charge in [0.05, 0.1) is 6.10 Å². The molecular formula is C40H50O. The van der Waals surface area contributed by atoms with Crippen LogP contribution in [0.5, 0.6) is 0 Å². The molecule has 0 aromatic carbocycles. The fourth-order valence-electron chi connectivity index (χ4n) is 5.21. The minimum absolute atomic E-state index is 0.0785. The van der Waals surface area contributed by atoms with Crippen LogP contribution in [0.25, 0.3) is 0 Å². The first-order chi connectivity index (χ1) is 19.2. The minimum atomic E-state index is -0.258. The Balaban J connectivity index is 1.93. The molecule has 1 heteroatoms. The standard InChI is InChI=1S/C40H50O/c1-30(18-13-20-32(3)23-25-37-34(5)22-15-27-39(37,7)8)16-11-12-17-31(2)19-14-21-33(4)24-26-38-35(6)28-36(41)29-40(38,9)10/h11-22,36,41H,27-29H2,1-10H3/b12-11+,18-13+,19-14+,30-16+,31-17+,32-20+,33-21+/t36-/m1/s1. The lowest BCUT2D eigenvalue weighted by Gasteiger charge is -2.34. The van der Waals surface area contributed by atoms with E-state index in [0.29, 0.717) is 0 Å². The Morgan fingerprint density at radius 3 is 1.76 bits per heavy atom. The monoisotopic (exact) mass is 546 g/mol. The van der Waals surface area contributed by atoms with Crippen molar-refractivity contribution in [2.24, 2.45) is 10.8 Å². The van der Waals surface area contributed by atoms with Gasteiger partial charge in [0.25, 0.3) is 0 Å². The summed E-state index contributed by atoms with van der Waals surface area (Å²) in [6.07, 6.45) is 27.4. The zero-order valence-corrected chi connectivity index (χ0v) is 27.1. The van der Waals surface area contributed by atoms with Crippen molar-refractivity contribution in [2.45, 2.75) is 94.6 Å². The van der Waals surface area contributed by atoms with Crippen LogP contribution in [0, 0.1) is 34.5 Å². The molecular weight excluding hydrogens is 496 g/mol. The van der Waals surface area contributed by atoms with E-state index in [1.165, 1.54) is 33.4 Å². The van der Waals surface area contributed by atoms with Crippen LogP contribution in [0.3, 0.4) is 0 Å². The van der Waals surface area contributed by atoms with Crippen molar-refractivity contribution < 1.29 is 5.11 Å². The van der Waals surface area contributed by atoms with Crippen LogP contribution in [0.1, 0.15) is 88.5 Å². The number of aliphatic hydroxyl groups excluding tert-OH is 1. The van der Waals surface area contributed by atoms with E-state index in [-0.39, 0.29) is 16.9 Å². The molecule has 1 nitrogen and oxygen atoms in total. The Kier molecular flexibility index (Phi) is 12.7. The number of allylic oxidation sites excluding steroid dienone is 19. The molecule has 0 fully saturated rings. The van der Waals surface area contributed by atoms with Crippen LogP contribution in [0.2, 0.25) is 0 Å². The Hall–Kier alpha value is -3.52. The first-order valence-electron chi connectivity index (χ1n) is 14.7. The second-order valence-corrected chi connectivity index (χ2v) is 12.8. The fraction of sp³-hybridized carbons (Fsp3) is 0.400. The predicted molar refractivity (Wildman–Crippen MR) is 180 cm³/mol. The highest BCUT2D eigenvalue weighted by molar-refractivity contribution is 5.48. The van der Waals surface area contributed by atoms with Gasteiger partial charge >= 0.3 is 0 Å². The van der Waals surface area contributed by atoms with Crippen LogP contribution in [-0.2, 0) is 0 Å². The van der Waals surface area contributed by atoms with E-state index in [1.807, 2.05) is 13.0 Å². The first kappa shape index (κ1) is 33.7. The summed E-state index contributed by atoms with van der Waals surface area (Å²) in [6.45, 7) is 21.4. The molecule has 0 saturated carbocycles. The molecule has 2 aliphatic carbocycles. The molecule has 0 saturated heterocycles. The maximum Gasteiger partial charge on any atom is 0.0586 e. The van der Waals surface area contributed by atoms with E-state index in [0.717, 1.165) is 30.4 Å². The van der Waals surface area contributed by atoms with Crippen LogP contribution in [-0.4, -0.2) is 11.2 Å². The zero-order chi connectivity index (χ0) is 30.6. The summed E-state index contributed by atoms with van der Waals surface area (Å²) in [7, 11) is 0. The van der Waals surface area contributed by atoms with E-state index in [1.54, 1.807) is 0 Å². The zero-order valence-electron chi connectivity index (χ0n) is 27.1. The van der Waals surface area contributed by atoms with Gasteiger partial charge in [-0.15, -0.1) is 0 Å². The molecule has 0 bridgehead atoms. The van der Waals surface area contributed by atoms with Crippen molar-refractivity contribution in [3.63, 3.8) is 0 Å². The Labute approximate surface area is 251 Å². The Bertz CT molecular complexity index is 1410. The van der Waals surface area contributed by atoms with Gasteiger partial charge in [-0.25, -0.2) is 0 Å². The summed E-state index contributed by atoms with van der Waals surface area (Å²) in [6, 6.07) is 0. The maximum absolute atomic E-state index is 10.1. The van der Waals surface area contributed by atoms with E-state index >= 15 is 0 Å². The van der Waals surface area contributed by atoms with Crippen LogP contribution in [0.15, 0.2) is 117 Å². The van der Waals surface area contributed by atoms with E-state index in [4.69, 9.17) is 0 Å². The molecule has 41 heavy (non-hydrogen) atoms. The van der Waals surface area contributed by atoms with Gasteiger partial charge in [0.2, 0.25) is 0 Å². The molecule has 0 amide bonds. The van der Waals surface area contributed by atoms with Gasteiger partial charge in [0, 0.05) is 22.0 Å². The summed E-state index contributed by atoms with van der Waals surface area (Å²) in [5, 5.41) is 10.1. The third-order valence-electron chi connectivity index (χ3n) is 7.47. The summed E-state index contributed by atoms with van der Waals surface area (Å²) >= 11 is 0. The lowest BCUT2D eigenvalue weighted by molar-refractivity contribution is 0.117. The molecule has 0 unspecified atom stereocenters. The summed E-state index contributed by atoms with van der Waals surface area (Å²) in [5.41, 5.74) is 9.34. The van der Waals surface area contributed by atoms with Gasteiger partial charge in [0.15, 0.2) is 0 Å². The van der Waals surface area contributed by atoms with Crippen molar-refractivity contribution in [3.8, 4) is 23.7 Å². The van der Waals surface area contributed by atoms with Crippen LogP contribution < -0.4 is 0 Å². The topological polar surface area (TPSA) is 20.2 Å². The first-order valence-corrected chi connectivity index (χ1v) is 14.7. The number of rotatable bonds is 6. The summed E-state index contributed by atoms with van der Waals surface area (Å²) in [4.78, 5) is 0. The molecule has 2 aliphatic rings. The normalized spacial score (nSPS) is 22.0. The van der Waals surface area contributed by atoms with Crippen LogP contribution >= 0.6 is 0 Å². The van der Waals surface area contributed by atoms with E-state index in [2.05, 4.69) is 153 Å². The third kappa shape index (κ3) is 11.5. The van der Waals surface area contributed by atoms with Crippen LogP contribution in [0.4, 0.5) is 0 Å². The molecule has 0 heterocycles. The van der Waals surface area contributed by atoms with Crippen molar-refractivity contribution in [2.75, 3.05) is 0 Å². The molecule has 0 spiro atoms. The lowest BCUT2D eigenvalue weighted by Crippen LogP contribution is -2.28. The molecule has 1 N–H and O–H groups in total. The summed E-state index contributed by atoms with van der Waals surface area (Å²) in [5.74, 6) is 13.4. The lowest BCUT2D eigenvalue weighted by atomic mass is 9.72.